The summed E-state index contributed by atoms with van der Waals surface area (Å²) in [5.74, 6) is 0.105. The molecule has 32 heavy (non-hydrogen) atoms. The Morgan fingerprint density at radius 1 is 1.19 bits per heavy atom. The molecule has 0 radical (unpaired) electrons. The van der Waals surface area contributed by atoms with Crippen LogP contribution in [0.2, 0.25) is 0 Å². The third-order valence-electron chi connectivity index (χ3n) is 6.93. The highest BCUT2D eigenvalue weighted by Crippen LogP contribution is 2.63. The largest absolute Gasteiger partial charge is 0.346 e. The molecule has 6 rings (SSSR count). The fourth-order valence-corrected chi connectivity index (χ4v) is 5.26. The number of rotatable bonds is 3. The Balaban J connectivity index is 1.33. The summed E-state index contributed by atoms with van der Waals surface area (Å²) >= 11 is 0. The number of amides is 2. The SMILES string of the molecule is O=C(Nc1cnn2ccc(N3CC[C@H]4C[C@]43c3cc(F)ccc3F)nc12)N1CCNCC1. The number of urea groups is 1. The molecule has 3 aliphatic rings. The van der Waals surface area contributed by atoms with Crippen LogP contribution in [0.15, 0.2) is 36.7 Å². The van der Waals surface area contributed by atoms with Crippen molar-refractivity contribution in [3.05, 3.63) is 53.9 Å². The van der Waals surface area contributed by atoms with Crippen molar-refractivity contribution in [1.29, 1.82) is 0 Å². The quantitative estimate of drug-likeness (QED) is 0.656. The number of aromatic nitrogens is 3. The second-order valence-corrected chi connectivity index (χ2v) is 8.67. The summed E-state index contributed by atoms with van der Waals surface area (Å²) in [4.78, 5) is 21.3. The number of halogens is 2. The minimum Gasteiger partial charge on any atom is -0.346 e. The van der Waals surface area contributed by atoms with Crippen molar-refractivity contribution in [2.24, 2.45) is 5.92 Å². The minimum atomic E-state index is -0.568. The highest BCUT2D eigenvalue weighted by molar-refractivity contribution is 5.93. The molecule has 0 spiro atoms. The van der Waals surface area contributed by atoms with Crippen molar-refractivity contribution < 1.29 is 13.6 Å². The maximum Gasteiger partial charge on any atom is 0.322 e. The number of carbonyl (C=O) groups is 1. The lowest BCUT2D eigenvalue weighted by molar-refractivity contribution is 0.204. The number of hydrogen-bond acceptors (Lipinski definition) is 5. The van der Waals surface area contributed by atoms with Crippen molar-refractivity contribution in [3.63, 3.8) is 0 Å². The predicted molar refractivity (Wildman–Crippen MR) is 115 cm³/mol. The molecule has 2 saturated heterocycles. The van der Waals surface area contributed by atoms with Crippen LogP contribution in [0.3, 0.4) is 0 Å². The van der Waals surface area contributed by atoms with Crippen molar-refractivity contribution in [2.75, 3.05) is 42.9 Å². The van der Waals surface area contributed by atoms with Crippen LogP contribution in [0.5, 0.6) is 0 Å². The van der Waals surface area contributed by atoms with Gasteiger partial charge in [-0.3, -0.25) is 0 Å². The molecule has 3 aromatic rings. The van der Waals surface area contributed by atoms with Gasteiger partial charge in [-0.1, -0.05) is 0 Å². The standard InChI is InChI=1S/C22H23F2N7O/c23-15-1-2-17(24)16(11-15)22-12-14(22)3-7-30(22)19-4-8-31-20(28-19)18(13-26-31)27-21(32)29-9-5-25-6-10-29/h1-2,4,8,11,13-14,25H,3,5-7,9-10,12H2,(H,27,32)/t14-,22+/m0/s1. The molecule has 8 nitrogen and oxygen atoms in total. The fraction of sp³-hybridized carbons (Fsp3) is 0.409. The second kappa shape index (κ2) is 7.13. The number of piperazine rings is 1. The molecular weight excluding hydrogens is 416 g/mol. The Bertz CT molecular complexity index is 1210. The van der Waals surface area contributed by atoms with E-state index in [-0.39, 0.29) is 11.9 Å². The zero-order valence-electron chi connectivity index (χ0n) is 17.4. The van der Waals surface area contributed by atoms with Crippen molar-refractivity contribution in [3.8, 4) is 0 Å². The number of carbonyl (C=O) groups excluding carboxylic acids is 1. The molecule has 10 heteroatoms. The summed E-state index contributed by atoms with van der Waals surface area (Å²) in [7, 11) is 0. The molecule has 1 saturated carbocycles. The summed E-state index contributed by atoms with van der Waals surface area (Å²) < 4.78 is 30.2. The number of anilines is 2. The van der Waals surface area contributed by atoms with E-state index >= 15 is 0 Å². The Hall–Kier alpha value is -3.27. The maximum absolute atomic E-state index is 14.7. The number of nitrogens with zero attached hydrogens (tertiary/aromatic N) is 5. The highest BCUT2D eigenvalue weighted by atomic mass is 19.1. The van der Waals surface area contributed by atoms with Crippen LogP contribution < -0.4 is 15.5 Å². The molecule has 2 amide bonds. The molecule has 2 N–H and O–H groups in total. The summed E-state index contributed by atoms with van der Waals surface area (Å²) in [6.45, 7) is 3.51. The van der Waals surface area contributed by atoms with Crippen LogP contribution in [0.1, 0.15) is 18.4 Å². The van der Waals surface area contributed by atoms with Crippen molar-refractivity contribution >= 4 is 23.2 Å². The van der Waals surface area contributed by atoms with E-state index in [0.29, 0.717) is 42.4 Å². The van der Waals surface area contributed by atoms with Gasteiger partial charge in [0.05, 0.1) is 11.7 Å². The van der Waals surface area contributed by atoms with E-state index in [1.165, 1.54) is 12.1 Å². The highest BCUT2D eigenvalue weighted by Gasteiger charge is 2.64. The first kappa shape index (κ1) is 19.4. The maximum atomic E-state index is 14.7. The summed E-state index contributed by atoms with van der Waals surface area (Å²) in [5, 5.41) is 10.4. The molecule has 166 valence electrons. The van der Waals surface area contributed by atoms with Gasteiger partial charge >= 0.3 is 6.03 Å². The third-order valence-corrected chi connectivity index (χ3v) is 6.93. The topological polar surface area (TPSA) is 77.8 Å². The minimum absolute atomic E-state index is 0.185. The van der Waals surface area contributed by atoms with Crippen LogP contribution in [0, 0.1) is 17.6 Å². The van der Waals surface area contributed by atoms with Crippen LogP contribution in [-0.2, 0) is 5.54 Å². The number of nitrogens with one attached hydrogen (secondary N) is 2. The monoisotopic (exact) mass is 439 g/mol. The van der Waals surface area contributed by atoms with E-state index in [1.54, 1.807) is 21.8 Å². The van der Waals surface area contributed by atoms with Gasteiger partial charge < -0.3 is 20.4 Å². The molecule has 0 bridgehead atoms. The van der Waals surface area contributed by atoms with Gasteiger partial charge in [0.15, 0.2) is 5.65 Å². The van der Waals surface area contributed by atoms with Gasteiger partial charge in [-0.15, -0.1) is 0 Å². The van der Waals surface area contributed by atoms with E-state index in [9.17, 15) is 13.6 Å². The van der Waals surface area contributed by atoms with E-state index in [2.05, 4.69) is 20.6 Å². The zero-order chi connectivity index (χ0) is 21.9. The molecule has 2 aliphatic heterocycles. The lowest BCUT2D eigenvalue weighted by Crippen LogP contribution is -2.48. The fourth-order valence-electron chi connectivity index (χ4n) is 5.26. The normalized spacial score (nSPS) is 24.6. The van der Waals surface area contributed by atoms with Crippen LogP contribution in [-0.4, -0.2) is 58.3 Å². The lowest BCUT2D eigenvalue weighted by Gasteiger charge is -2.30. The summed E-state index contributed by atoms with van der Waals surface area (Å²) in [5.41, 5.74) is 0.863. The first-order valence-electron chi connectivity index (χ1n) is 10.9. The number of piperidine rings is 1. The van der Waals surface area contributed by atoms with Gasteiger partial charge in [-0.25, -0.2) is 23.1 Å². The van der Waals surface area contributed by atoms with Gasteiger partial charge in [0.25, 0.3) is 0 Å². The third kappa shape index (κ3) is 2.93. The Morgan fingerprint density at radius 2 is 2.03 bits per heavy atom. The molecule has 1 aliphatic carbocycles. The molecular formula is C22H23F2N7O. The molecule has 2 atom stereocenters. The Kier molecular flexibility index (Phi) is 4.32. The van der Waals surface area contributed by atoms with Gasteiger partial charge in [0, 0.05) is 44.5 Å². The lowest BCUT2D eigenvalue weighted by atomic mass is 10.0. The van der Waals surface area contributed by atoms with Gasteiger partial charge in [-0.05, 0) is 43.0 Å². The summed E-state index contributed by atoms with van der Waals surface area (Å²) in [6.07, 6.45) is 5.03. The average Bonchev–Trinajstić information content (AvgIpc) is 3.22. The van der Waals surface area contributed by atoms with E-state index in [4.69, 9.17) is 4.98 Å². The van der Waals surface area contributed by atoms with E-state index in [0.717, 1.165) is 32.0 Å². The van der Waals surface area contributed by atoms with E-state index < -0.39 is 17.2 Å². The van der Waals surface area contributed by atoms with Crippen LogP contribution in [0.25, 0.3) is 5.65 Å². The number of fused-ring (bicyclic) bond motifs is 2. The van der Waals surface area contributed by atoms with Crippen molar-refractivity contribution in [2.45, 2.75) is 18.4 Å². The first-order chi connectivity index (χ1) is 15.6. The molecule has 1 aromatic carbocycles. The zero-order valence-corrected chi connectivity index (χ0v) is 17.4. The Labute approximate surface area is 183 Å². The molecule has 4 heterocycles. The number of benzene rings is 1. The summed E-state index contributed by atoms with van der Waals surface area (Å²) in [6, 6.07) is 5.31. The smallest absolute Gasteiger partial charge is 0.322 e. The van der Waals surface area contributed by atoms with Gasteiger partial charge in [-0.2, -0.15) is 5.10 Å². The molecule has 2 aromatic heterocycles. The first-order valence-corrected chi connectivity index (χ1v) is 10.9. The predicted octanol–water partition coefficient (Wildman–Crippen LogP) is 2.57. The molecule has 0 unspecified atom stereocenters. The average molecular weight is 439 g/mol. The van der Waals surface area contributed by atoms with Gasteiger partial charge in [0.2, 0.25) is 0 Å². The van der Waals surface area contributed by atoms with Gasteiger partial charge in [0.1, 0.15) is 23.1 Å². The van der Waals surface area contributed by atoms with E-state index in [1.807, 2.05) is 6.07 Å². The second-order valence-electron chi connectivity index (χ2n) is 8.67. The van der Waals surface area contributed by atoms with Crippen LogP contribution in [0.4, 0.5) is 25.1 Å². The molecule has 3 fully saturated rings. The van der Waals surface area contributed by atoms with Crippen molar-refractivity contribution in [1.82, 2.24) is 24.8 Å². The Morgan fingerprint density at radius 3 is 2.84 bits per heavy atom. The van der Waals surface area contributed by atoms with Crippen LogP contribution >= 0.6 is 0 Å². The number of hydrogen-bond donors (Lipinski definition) is 2.